The maximum Gasteiger partial charge on any atom is 0.145 e. The predicted molar refractivity (Wildman–Crippen MR) is 79.9 cm³/mol. The van der Waals surface area contributed by atoms with Crippen molar-refractivity contribution in [2.45, 2.75) is 6.54 Å². The van der Waals surface area contributed by atoms with Crippen molar-refractivity contribution in [1.82, 2.24) is 0 Å². The van der Waals surface area contributed by atoms with Gasteiger partial charge in [0.1, 0.15) is 17.2 Å². The van der Waals surface area contributed by atoms with E-state index in [2.05, 4.69) is 5.32 Å². The van der Waals surface area contributed by atoms with E-state index in [0.29, 0.717) is 6.54 Å². The van der Waals surface area contributed by atoms with E-state index >= 15 is 0 Å². The van der Waals surface area contributed by atoms with E-state index in [0.717, 1.165) is 22.9 Å². The van der Waals surface area contributed by atoms with E-state index in [1.807, 2.05) is 42.5 Å². The number of rotatable bonds is 6. The van der Waals surface area contributed by atoms with Gasteiger partial charge in [-0.2, -0.15) is 0 Å². The van der Waals surface area contributed by atoms with Gasteiger partial charge in [-0.1, -0.05) is 12.1 Å². The number of nitrogens with one attached hydrogen (secondary N) is 1. The van der Waals surface area contributed by atoms with Crippen LogP contribution in [0.1, 0.15) is 5.56 Å². The molecule has 0 aliphatic rings. The molecule has 0 aliphatic carbocycles. The van der Waals surface area contributed by atoms with Gasteiger partial charge in [-0.3, -0.25) is 0 Å². The number of anilines is 1. The van der Waals surface area contributed by atoms with Gasteiger partial charge in [0.15, 0.2) is 0 Å². The molecule has 0 radical (unpaired) electrons. The van der Waals surface area contributed by atoms with E-state index in [9.17, 15) is 0 Å². The van der Waals surface area contributed by atoms with Crippen LogP contribution in [0.5, 0.6) is 17.2 Å². The molecule has 2 aromatic carbocycles. The highest BCUT2D eigenvalue weighted by atomic mass is 16.5. The first-order chi connectivity index (χ1) is 9.76. The molecule has 0 amide bonds. The van der Waals surface area contributed by atoms with Gasteiger partial charge in [0, 0.05) is 12.6 Å². The van der Waals surface area contributed by atoms with Crippen molar-refractivity contribution in [1.29, 1.82) is 0 Å². The van der Waals surface area contributed by atoms with Crippen molar-refractivity contribution in [2.75, 3.05) is 26.6 Å². The maximum absolute atomic E-state index is 5.35. The molecule has 1 N–H and O–H groups in total. The van der Waals surface area contributed by atoms with Crippen LogP contribution in [0.2, 0.25) is 0 Å². The Morgan fingerprint density at radius 3 is 2.05 bits per heavy atom. The predicted octanol–water partition coefficient (Wildman–Crippen LogP) is 3.32. The largest absolute Gasteiger partial charge is 0.497 e. The molecular formula is C16H19NO3. The van der Waals surface area contributed by atoms with Crippen LogP contribution in [0.15, 0.2) is 42.5 Å². The van der Waals surface area contributed by atoms with Crippen LogP contribution in [0.25, 0.3) is 0 Å². The van der Waals surface area contributed by atoms with Crippen LogP contribution < -0.4 is 19.5 Å². The average molecular weight is 273 g/mol. The normalized spacial score (nSPS) is 9.95. The molecule has 4 nitrogen and oxygen atoms in total. The number of ether oxygens (including phenoxy) is 3. The Morgan fingerprint density at radius 2 is 1.45 bits per heavy atom. The molecule has 0 saturated carbocycles. The van der Waals surface area contributed by atoms with E-state index in [1.54, 1.807) is 21.3 Å². The third kappa shape index (κ3) is 3.35. The molecular weight excluding hydrogens is 254 g/mol. The molecule has 4 heteroatoms. The minimum Gasteiger partial charge on any atom is -0.497 e. The van der Waals surface area contributed by atoms with Crippen molar-refractivity contribution in [3.05, 3.63) is 48.0 Å². The number of hydrogen-bond acceptors (Lipinski definition) is 4. The van der Waals surface area contributed by atoms with Gasteiger partial charge in [-0.05, 0) is 29.8 Å². The first-order valence-corrected chi connectivity index (χ1v) is 6.35. The van der Waals surface area contributed by atoms with Crippen LogP contribution in [0.3, 0.4) is 0 Å². The third-order valence-corrected chi connectivity index (χ3v) is 3.05. The molecule has 2 aromatic rings. The molecule has 0 unspecified atom stereocenters. The molecule has 0 heterocycles. The molecule has 20 heavy (non-hydrogen) atoms. The summed E-state index contributed by atoms with van der Waals surface area (Å²) in [6.07, 6.45) is 0. The lowest BCUT2D eigenvalue weighted by molar-refractivity contribution is 0.395. The number of methoxy groups -OCH3 is 3. The Bertz CT molecular complexity index is 552. The lowest BCUT2D eigenvalue weighted by Gasteiger charge is -2.12. The molecule has 0 aromatic heterocycles. The van der Waals surface area contributed by atoms with Crippen molar-refractivity contribution < 1.29 is 14.2 Å². The molecule has 0 atom stereocenters. The van der Waals surface area contributed by atoms with Crippen LogP contribution in [-0.2, 0) is 6.54 Å². The summed E-state index contributed by atoms with van der Waals surface area (Å²) in [6, 6.07) is 13.7. The van der Waals surface area contributed by atoms with Gasteiger partial charge in [0.2, 0.25) is 0 Å². The maximum atomic E-state index is 5.35. The molecule has 0 fully saturated rings. The van der Waals surface area contributed by atoms with E-state index < -0.39 is 0 Å². The molecule has 0 saturated heterocycles. The summed E-state index contributed by atoms with van der Waals surface area (Å²) in [5.41, 5.74) is 2.10. The molecule has 0 bridgehead atoms. The van der Waals surface area contributed by atoms with Crippen LogP contribution in [-0.4, -0.2) is 21.3 Å². The first kappa shape index (κ1) is 14.1. The van der Waals surface area contributed by atoms with Crippen molar-refractivity contribution in [2.24, 2.45) is 0 Å². The monoisotopic (exact) mass is 273 g/mol. The van der Waals surface area contributed by atoms with Crippen LogP contribution in [0.4, 0.5) is 5.69 Å². The fourth-order valence-corrected chi connectivity index (χ4v) is 1.89. The van der Waals surface area contributed by atoms with Crippen molar-refractivity contribution >= 4 is 5.69 Å². The Hall–Kier alpha value is -2.36. The lowest BCUT2D eigenvalue weighted by Crippen LogP contribution is -2.01. The summed E-state index contributed by atoms with van der Waals surface area (Å²) in [6.45, 7) is 0.715. The van der Waals surface area contributed by atoms with Crippen molar-refractivity contribution in [3.63, 3.8) is 0 Å². The van der Waals surface area contributed by atoms with Crippen LogP contribution >= 0.6 is 0 Å². The minimum absolute atomic E-state index is 0.715. The summed E-state index contributed by atoms with van der Waals surface area (Å²) < 4.78 is 15.7. The smallest absolute Gasteiger partial charge is 0.145 e. The van der Waals surface area contributed by atoms with Gasteiger partial charge >= 0.3 is 0 Å². The molecule has 0 spiro atoms. The fraction of sp³-hybridized carbons (Fsp3) is 0.250. The van der Waals surface area contributed by atoms with E-state index in [1.165, 1.54) is 5.56 Å². The zero-order valence-electron chi connectivity index (χ0n) is 12.0. The second-order valence-electron chi connectivity index (χ2n) is 4.27. The fourth-order valence-electron chi connectivity index (χ4n) is 1.89. The van der Waals surface area contributed by atoms with Gasteiger partial charge in [0.05, 0.1) is 27.0 Å². The number of benzene rings is 2. The molecule has 106 valence electrons. The summed E-state index contributed by atoms with van der Waals surface area (Å²) in [5, 5.41) is 3.35. The Morgan fingerprint density at radius 1 is 0.800 bits per heavy atom. The van der Waals surface area contributed by atoms with Gasteiger partial charge in [0.25, 0.3) is 0 Å². The summed E-state index contributed by atoms with van der Waals surface area (Å²) in [5.74, 6) is 2.39. The third-order valence-electron chi connectivity index (χ3n) is 3.05. The minimum atomic E-state index is 0.715. The van der Waals surface area contributed by atoms with Crippen molar-refractivity contribution in [3.8, 4) is 17.2 Å². The van der Waals surface area contributed by atoms with E-state index in [-0.39, 0.29) is 0 Å². The highest BCUT2D eigenvalue weighted by molar-refractivity contribution is 5.59. The van der Waals surface area contributed by atoms with E-state index in [4.69, 9.17) is 14.2 Å². The standard InChI is InChI=1S/C16H19NO3/c1-18-13-6-4-12(5-7-13)11-17-15-9-8-14(19-2)10-16(15)20-3/h4-10,17H,11H2,1-3H3. The lowest BCUT2D eigenvalue weighted by atomic mass is 10.2. The number of hydrogen-bond donors (Lipinski definition) is 1. The Kier molecular flexibility index (Phi) is 4.71. The second kappa shape index (κ2) is 6.70. The topological polar surface area (TPSA) is 39.7 Å². The van der Waals surface area contributed by atoms with Gasteiger partial charge in [-0.15, -0.1) is 0 Å². The quantitative estimate of drug-likeness (QED) is 0.876. The molecule has 0 aliphatic heterocycles. The Balaban J connectivity index is 2.05. The summed E-state index contributed by atoms with van der Waals surface area (Å²) in [7, 11) is 4.95. The second-order valence-corrected chi connectivity index (χ2v) is 4.27. The summed E-state index contributed by atoms with van der Waals surface area (Å²) in [4.78, 5) is 0. The highest BCUT2D eigenvalue weighted by Crippen LogP contribution is 2.29. The zero-order valence-corrected chi connectivity index (χ0v) is 12.0. The average Bonchev–Trinajstić information content (AvgIpc) is 2.53. The van der Waals surface area contributed by atoms with Gasteiger partial charge < -0.3 is 19.5 Å². The van der Waals surface area contributed by atoms with Gasteiger partial charge in [-0.25, -0.2) is 0 Å². The highest BCUT2D eigenvalue weighted by Gasteiger charge is 2.04. The zero-order chi connectivity index (χ0) is 14.4. The van der Waals surface area contributed by atoms with Crippen LogP contribution in [0, 0.1) is 0 Å². The summed E-state index contributed by atoms with van der Waals surface area (Å²) >= 11 is 0. The Labute approximate surface area is 119 Å². The first-order valence-electron chi connectivity index (χ1n) is 6.35. The SMILES string of the molecule is COc1ccc(CNc2ccc(OC)cc2OC)cc1. The molecule has 2 rings (SSSR count).